The van der Waals surface area contributed by atoms with Gasteiger partial charge < -0.3 is 25.0 Å². The third kappa shape index (κ3) is 6.26. The molecule has 1 aromatic heterocycles. The summed E-state index contributed by atoms with van der Waals surface area (Å²) in [6, 6.07) is 6.33. The van der Waals surface area contributed by atoms with Gasteiger partial charge in [-0.15, -0.1) is 11.3 Å². The van der Waals surface area contributed by atoms with E-state index in [0.717, 1.165) is 66.3 Å². The molecule has 0 radical (unpaired) electrons. The lowest BCUT2D eigenvalue weighted by Crippen LogP contribution is -2.45. The van der Waals surface area contributed by atoms with Gasteiger partial charge in [-0.25, -0.2) is 4.98 Å². The molecule has 2 heterocycles. The number of methoxy groups -OCH3 is 2. The normalized spacial score (nSPS) is 17.0. The van der Waals surface area contributed by atoms with Crippen molar-refractivity contribution < 1.29 is 9.47 Å². The summed E-state index contributed by atoms with van der Waals surface area (Å²) >= 11 is 1.73. The average molecular weight is 446 g/mol. The van der Waals surface area contributed by atoms with Crippen LogP contribution in [0, 0.1) is 0 Å². The number of rotatable bonds is 7. The van der Waals surface area contributed by atoms with Crippen molar-refractivity contribution in [3.8, 4) is 11.5 Å². The number of nitrogens with zero attached hydrogens (tertiary/aromatic N) is 3. The highest BCUT2D eigenvalue weighted by molar-refractivity contribution is 7.09. The van der Waals surface area contributed by atoms with E-state index >= 15 is 0 Å². The third-order valence-electron chi connectivity index (χ3n) is 5.41. The summed E-state index contributed by atoms with van der Waals surface area (Å²) in [5, 5.41) is 10.3. The second-order valence-electron chi connectivity index (χ2n) is 8.77. The Bertz CT molecular complexity index is 868. The number of aromatic nitrogens is 1. The lowest BCUT2D eigenvalue weighted by atomic mass is 9.93. The fourth-order valence-corrected chi connectivity index (χ4v) is 4.56. The highest BCUT2D eigenvalue weighted by Gasteiger charge is 2.24. The number of benzene rings is 1. The van der Waals surface area contributed by atoms with E-state index in [2.05, 4.69) is 58.8 Å². The number of hydrogen-bond acceptors (Lipinski definition) is 6. The van der Waals surface area contributed by atoms with Gasteiger partial charge in [0.05, 0.1) is 24.9 Å². The first kappa shape index (κ1) is 23.2. The molecular formula is C23H35N5O2S. The Morgan fingerprint density at radius 2 is 1.94 bits per heavy atom. The van der Waals surface area contributed by atoms with E-state index in [4.69, 9.17) is 14.5 Å². The number of aliphatic imine (C=N–C) groups is 1. The largest absolute Gasteiger partial charge is 0.497 e. The second-order valence-corrected chi connectivity index (χ2v) is 9.71. The van der Waals surface area contributed by atoms with Crippen molar-refractivity contribution in [1.29, 1.82) is 0 Å². The molecule has 170 valence electrons. The number of hydrogen-bond donors (Lipinski definition) is 2. The van der Waals surface area contributed by atoms with Crippen molar-refractivity contribution in [2.45, 2.75) is 45.1 Å². The van der Waals surface area contributed by atoms with E-state index in [1.54, 1.807) is 25.6 Å². The van der Waals surface area contributed by atoms with Gasteiger partial charge in [0, 0.05) is 73.8 Å². The molecule has 8 heteroatoms. The van der Waals surface area contributed by atoms with Crippen LogP contribution < -0.4 is 25.0 Å². The Labute approximate surface area is 189 Å². The summed E-state index contributed by atoms with van der Waals surface area (Å²) in [6.07, 6.45) is 1.93. The number of thiazole rings is 1. The monoisotopic (exact) mass is 445 g/mol. The SMILES string of the molecule is CN=C(NCCc1nc(C(C)(C)C)cs1)NC1CCN(c2cc(OC)cc(OC)c2)C1. The van der Waals surface area contributed by atoms with E-state index in [9.17, 15) is 0 Å². The van der Waals surface area contributed by atoms with Crippen LogP contribution in [0.4, 0.5) is 5.69 Å². The van der Waals surface area contributed by atoms with Crippen molar-refractivity contribution in [3.05, 3.63) is 34.3 Å². The van der Waals surface area contributed by atoms with Gasteiger partial charge in [-0.05, 0) is 6.42 Å². The van der Waals surface area contributed by atoms with Crippen LogP contribution in [0.25, 0.3) is 0 Å². The van der Waals surface area contributed by atoms with Gasteiger partial charge in [-0.1, -0.05) is 20.8 Å². The van der Waals surface area contributed by atoms with Crippen LogP contribution in [0.5, 0.6) is 11.5 Å². The molecule has 1 atom stereocenters. The van der Waals surface area contributed by atoms with Gasteiger partial charge in [-0.3, -0.25) is 4.99 Å². The fraction of sp³-hybridized carbons (Fsp3) is 0.565. The number of guanidine groups is 1. The van der Waals surface area contributed by atoms with Crippen LogP contribution in [-0.2, 0) is 11.8 Å². The zero-order valence-electron chi connectivity index (χ0n) is 19.5. The molecule has 0 saturated carbocycles. The van der Waals surface area contributed by atoms with Crippen LogP contribution in [-0.4, -0.2) is 57.9 Å². The smallest absolute Gasteiger partial charge is 0.191 e. The summed E-state index contributed by atoms with van der Waals surface area (Å²) in [4.78, 5) is 11.5. The van der Waals surface area contributed by atoms with E-state index in [0.29, 0.717) is 6.04 Å². The van der Waals surface area contributed by atoms with Crippen molar-refractivity contribution in [3.63, 3.8) is 0 Å². The maximum atomic E-state index is 5.41. The van der Waals surface area contributed by atoms with Gasteiger partial charge in [0.15, 0.2) is 5.96 Å². The first-order valence-corrected chi connectivity index (χ1v) is 11.6. The molecule has 2 N–H and O–H groups in total. The Balaban J connectivity index is 1.50. The van der Waals surface area contributed by atoms with E-state index in [1.165, 1.54) is 0 Å². The molecule has 1 aromatic carbocycles. The molecule has 1 unspecified atom stereocenters. The first-order valence-electron chi connectivity index (χ1n) is 10.7. The van der Waals surface area contributed by atoms with Crippen LogP contribution in [0.15, 0.2) is 28.6 Å². The Kier molecular flexibility index (Phi) is 7.64. The quantitative estimate of drug-likeness (QED) is 0.503. The summed E-state index contributed by atoms with van der Waals surface area (Å²) in [5.74, 6) is 2.45. The minimum atomic E-state index is 0.0981. The van der Waals surface area contributed by atoms with E-state index < -0.39 is 0 Å². The number of anilines is 1. The zero-order valence-corrected chi connectivity index (χ0v) is 20.3. The number of nitrogens with one attached hydrogen (secondary N) is 2. The second kappa shape index (κ2) is 10.2. The molecule has 31 heavy (non-hydrogen) atoms. The summed E-state index contributed by atoms with van der Waals surface area (Å²) in [6.45, 7) is 9.27. The standard InChI is InChI=1S/C23H35N5O2S/c1-23(2,3)20-15-31-21(27-20)7-9-25-22(24-4)26-16-8-10-28(14-16)17-11-18(29-5)13-19(12-17)30-6/h11-13,15-16H,7-10,14H2,1-6H3,(H2,24,25,26). The van der Waals surface area contributed by atoms with Crippen LogP contribution in [0.3, 0.4) is 0 Å². The van der Waals surface area contributed by atoms with Gasteiger partial charge >= 0.3 is 0 Å². The predicted molar refractivity (Wildman–Crippen MR) is 129 cm³/mol. The molecular weight excluding hydrogens is 410 g/mol. The van der Waals surface area contributed by atoms with Gasteiger partial charge in [0.2, 0.25) is 0 Å². The topological polar surface area (TPSA) is 71.0 Å². The van der Waals surface area contributed by atoms with Crippen LogP contribution in [0.1, 0.15) is 37.9 Å². The summed E-state index contributed by atoms with van der Waals surface area (Å²) < 4.78 is 10.8. The molecule has 3 rings (SSSR count). The highest BCUT2D eigenvalue weighted by Crippen LogP contribution is 2.30. The molecule has 0 spiro atoms. The fourth-order valence-electron chi connectivity index (χ4n) is 3.53. The Morgan fingerprint density at radius 1 is 1.23 bits per heavy atom. The minimum Gasteiger partial charge on any atom is -0.497 e. The number of ether oxygens (including phenoxy) is 2. The predicted octanol–water partition coefficient (Wildman–Crippen LogP) is 3.44. The average Bonchev–Trinajstić information content (AvgIpc) is 3.42. The van der Waals surface area contributed by atoms with E-state index in [1.807, 2.05) is 13.1 Å². The Hall–Kier alpha value is -2.48. The van der Waals surface area contributed by atoms with E-state index in [-0.39, 0.29) is 5.41 Å². The maximum Gasteiger partial charge on any atom is 0.191 e. The zero-order chi connectivity index (χ0) is 22.4. The third-order valence-corrected chi connectivity index (χ3v) is 6.31. The van der Waals surface area contributed by atoms with Crippen LogP contribution >= 0.6 is 11.3 Å². The van der Waals surface area contributed by atoms with Gasteiger partial charge in [-0.2, -0.15) is 0 Å². The van der Waals surface area contributed by atoms with Crippen molar-refractivity contribution in [1.82, 2.24) is 15.6 Å². The maximum absolute atomic E-state index is 5.41. The molecule has 0 bridgehead atoms. The highest BCUT2D eigenvalue weighted by atomic mass is 32.1. The van der Waals surface area contributed by atoms with Crippen molar-refractivity contribution in [2.75, 3.05) is 45.8 Å². The van der Waals surface area contributed by atoms with Crippen molar-refractivity contribution in [2.24, 2.45) is 4.99 Å². The lowest BCUT2D eigenvalue weighted by Gasteiger charge is -2.21. The van der Waals surface area contributed by atoms with Gasteiger partial charge in [0.25, 0.3) is 0 Å². The molecule has 1 fully saturated rings. The van der Waals surface area contributed by atoms with Gasteiger partial charge in [0.1, 0.15) is 11.5 Å². The Morgan fingerprint density at radius 3 is 2.52 bits per heavy atom. The lowest BCUT2D eigenvalue weighted by molar-refractivity contribution is 0.394. The molecule has 1 saturated heterocycles. The molecule has 1 aliphatic heterocycles. The molecule has 1 aliphatic rings. The van der Waals surface area contributed by atoms with Crippen LogP contribution in [0.2, 0.25) is 0 Å². The first-order chi connectivity index (χ1) is 14.8. The molecule has 2 aromatic rings. The molecule has 0 aliphatic carbocycles. The minimum absolute atomic E-state index is 0.0981. The summed E-state index contributed by atoms with van der Waals surface area (Å²) in [5.41, 5.74) is 2.37. The summed E-state index contributed by atoms with van der Waals surface area (Å²) in [7, 11) is 5.17. The molecule has 7 nitrogen and oxygen atoms in total. The molecule has 0 amide bonds. The van der Waals surface area contributed by atoms with Crippen molar-refractivity contribution >= 4 is 23.0 Å².